The lowest BCUT2D eigenvalue weighted by molar-refractivity contribution is 0.618. The topological polar surface area (TPSA) is 29.3 Å². The van der Waals surface area contributed by atoms with Gasteiger partial charge in [-0.25, -0.2) is 4.39 Å². The van der Waals surface area contributed by atoms with Gasteiger partial charge >= 0.3 is 0 Å². The number of hydrogen-bond acceptors (Lipinski definition) is 2. The van der Waals surface area contributed by atoms with Crippen LogP contribution in [0.3, 0.4) is 0 Å². The lowest BCUT2D eigenvalue weighted by Crippen LogP contribution is -2.23. The van der Waals surface area contributed by atoms with E-state index in [0.717, 1.165) is 11.1 Å². The van der Waals surface area contributed by atoms with E-state index in [4.69, 9.17) is 5.73 Å². The molecule has 1 aromatic carbocycles. The van der Waals surface area contributed by atoms with Crippen LogP contribution in [0.5, 0.6) is 0 Å². The molecule has 0 saturated heterocycles. The fourth-order valence-corrected chi connectivity index (χ4v) is 1.79. The first-order valence-electron chi connectivity index (χ1n) is 5.33. The molecule has 0 aliphatic heterocycles. The lowest BCUT2D eigenvalue weighted by Gasteiger charge is -2.24. The summed E-state index contributed by atoms with van der Waals surface area (Å²) in [6, 6.07) is 4.82. The van der Waals surface area contributed by atoms with E-state index < -0.39 is 0 Å². The largest absolute Gasteiger partial charge is 0.368 e. The van der Waals surface area contributed by atoms with Gasteiger partial charge in [-0.05, 0) is 25.5 Å². The van der Waals surface area contributed by atoms with Crippen molar-refractivity contribution in [2.24, 2.45) is 5.73 Å². The summed E-state index contributed by atoms with van der Waals surface area (Å²) in [5, 5.41) is 0. The van der Waals surface area contributed by atoms with Crippen molar-refractivity contribution in [1.82, 2.24) is 0 Å². The molecule has 0 amide bonds. The van der Waals surface area contributed by atoms with Crippen molar-refractivity contribution in [2.45, 2.75) is 19.9 Å². The number of likely N-dealkylation sites (N-methyl/N-ethyl adjacent to an activating group) is 1. The molecule has 0 fully saturated rings. The zero-order valence-electron chi connectivity index (χ0n) is 10.1. The van der Waals surface area contributed by atoms with Crippen molar-refractivity contribution in [3.8, 4) is 0 Å². The molecule has 0 radical (unpaired) electrons. The van der Waals surface area contributed by atoms with Crippen molar-refractivity contribution < 1.29 is 4.39 Å². The van der Waals surface area contributed by atoms with Gasteiger partial charge in [-0.15, -0.1) is 0 Å². The predicted molar refractivity (Wildman–Crippen MR) is 67.1 cm³/mol. The standard InChI is InChI=1S/C13H19FN2/c1-9(2)8-16(4)13-11(10(3)15)6-5-7-12(13)14/h5-7,10H,1,8,15H2,2-4H3/t10-/m1/s1. The molecule has 2 nitrogen and oxygen atoms in total. The number of nitrogens with two attached hydrogens (primary N) is 1. The highest BCUT2D eigenvalue weighted by molar-refractivity contribution is 5.56. The van der Waals surface area contributed by atoms with E-state index in [1.165, 1.54) is 6.07 Å². The minimum atomic E-state index is -0.237. The van der Waals surface area contributed by atoms with Gasteiger partial charge in [0.1, 0.15) is 5.82 Å². The van der Waals surface area contributed by atoms with Crippen LogP contribution in [-0.2, 0) is 0 Å². The van der Waals surface area contributed by atoms with Crippen LogP contribution in [0.15, 0.2) is 30.4 Å². The summed E-state index contributed by atoms with van der Waals surface area (Å²) in [5.41, 5.74) is 8.22. The fraction of sp³-hybridized carbons (Fsp3) is 0.385. The van der Waals surface area contributed by atoms with Gasteiger partial charge in [0.25, 0.3) is 0 Å². The molecule has 0 aromatic heterocycles. The molecule has 0 unspecified atom stereocenters. The first-order valence-corrected chi connectivity index (χ1v) is 5.33. The number of halogens is 1. The maximum Gasteiger partial charge on any atom is 0.146 e. The summed E-state index contributed by atoms with van der Waals surface area (Å²) in [6.07, 6.45) is 0. The maximum absolute atomic E-state index is 13.8. The molecule has 1 atom stereocenters. The summed E-state index contributed by atoms with van der Waals surface area (Å²) in [4.78, 5) is 1.84. The van der Waals surface area contributed by atoms with E-state index in [9.17, 15) is 4.39 Å². The highest BCUT2D eigenvalue weighted by Crippen LogP contribution is 2.27. The quantitative estimate of drug-likeness (QED) is 0.794. The molecule has 2 N–H and O–H groups in total. The second-order valence-corrected chi connectivity index (χ2v) is 4.28. The maximum atomic E-state index is 13.8. The van der Waals surface area contributed by atoms with E-state index in [2.05, 4.69) is 6.58 Å². The molecule has 0 aliphatic carbocycles. The third-order valence-electron chi connectivity index (χ3n) is 2.40. The molecule has 0 heterocycles. The van der Waals surface area contributed by atoms with Crippen LogP contribution in [0, 0.1) is 5.82 Å². The highest BCUT2D eigenvalue weighted by atomic mass is 19.1. The minimum Gasteiger partial charge on any atom is -0.368 e. The van der Waals surface area contributed by atoms with Crippen molar-refractivity contribution >= 4 is 5.69 Å². The Bertz CT molecular complexity index is 386. The third kappa shape index (κ3) is 2.83. The van der Waals surface area contributed by atoms with E-state index in [-0.39, 0.29) is 11.9 Å². The average molecular weight is 222 g/mol. The number of benzene rings is 1. The van der Waals surface area contributed by atoms with Crippen LogP contribution < -0.4 is 10.6 Å². The van der Waals surface area contributed by atoms with Crippen molar-refractivity contribution in [3.05, 3.63) is 41.7 Å². The van der Waals surface area contributed by atoms with Crippen LogP contribution in [0.25, 0.3) is 0 Å². The zero-order valence-corrected chi connectivity index (χ0v) is 10.1. The van der Waals surface area contributed by atoms with E-state index >= 15 is 0 Å². The van der Waals surface area contributed by atoms with Crippen LogP contribution in [0.1, 0.15) is 25.5 Å². The molecule has 88 valence electrons. The predicted octanol–water partition coefficient (Wildman–Crippen LogP) is 2.86. The first kappa shape index (κ1) is 12.7. The Kier molecular flexibility index (Phi) is 4.07. The second kappa shape index (κ2) is 5.12. The number of para-hydroxylation sites is 1. The van der Waals surface area contributed by atoms with Crippen molar-refractivity contribution in [1.29, 1.82) is 0 Å². The summed E-state index contributed by atoms with van der Waals surface area (Å²) in [5.74, 6) is -0.237. The summed E-state index contributed by atoms with van der Waals surface area (Å²) in [7, 11) is 1.85. The van der Waals surface area contributed by atoms with Gasteiger partial charge < -0.3 is 10.6 Å². The van der Waals surface area contributed by atoms with Gasteiger partial charge in [0.2, 0.25) is 0 Å². The number of rotatable bonds is 4. The molecule has 1 aromatic rings. The first-order chi connectivity index (χ1) is 7.43. The van der Waals surface area contributed by atoms with E-state index in [1.807, 2.05) is 31.9 Å². The Morgan fingerprint density at radius 1 is 1.56 bits per heavy atom. The zero-order chi connectivity index (χ0) is 12.3. The fourth-order valence-electron chi connectivity index (χ4n) is 1.79. The number of anilines is 1. The van der Waals surface area contributed by atoms with Crippen LogP contribution in [0.2, 0.25) is 0 Å². The molecule has 1 rings (SSSR count). The number of hydrogen-bond donors (Lipinski definition) is 1. The van der Waals surface area contributed by atoms with Crippen molar-refractivity contribution in [2.75, 3.05) is 18.5 Å². The molecule has 0 saturated carbocycles. The van der Waals surface area contributed by atoms with Gasteiger partial charge in [0, 0.05) is 19.6 Å². The van der Waals surface area contributed by atoms with Crippen molar-refractivity contribution in [3.63, 3.8) is 0 Å². The summed E-state index contributed by atoms with van der Waals surface area (Å²) < 4.78 is 13.8. The second-order valence-electron chi connectivity index (χ2n) is 4.28. The van der Waals surface area contributed by atoms with E-state index in [1.54, 1.807) is 6.07 Å². The molecule has 0 aliphatic rings. The van der Waals surface area contributed by atoms with Gasteiger partial charge in [0.05, 0.1) is 5.69 Å². The van der Waals surface area contributed by atoms with Crippen LogP contribution in [0.4, 0.5) is 10.1 Å². The normalized spacial score (nSPS) is 12.3. The van der Waals surface area contributed by atoms with Gasteiger partial charge in [-0.1, -0.05) is 24.3 Å². The Labute approximate surface area is 96.6 Å². The van der Waals surface area contributed by atoms with Gasteiger partial charge in [0.15, 0.2) is 0 Å². The molecular weight excluding hydrogens is 203 g/mol. The monoisotopic (exact) mass is 222 g/mol. The Balaban J connectivity index is 3.14. The van der Waals surface area contributed by atoms with Crippen LogP contribution >= 0.6 is 0 Å². The molecule has 3 heteroatoms. The average Bonchev–Trinajstić information content (AvgIpc) is 2.15. The van der Waals surface area contributed by atoms with Gasteiger partial charge in [-0.2, -0.15) is 0 Å². The highest BCUT2D eigenvalue weighted by Gasteiger charge is 2.15. The van der Waals surface area contributed by atoms with E-state index in [0.29, 0.717) is 12.2 Å². The molecular formula is C13H19FN2. The molecule has 16 heavy (non-hydrogen) atoms. The summed E-state index contributed by atoms with van der Waals surface area (Å²) >= 11 is 0. The number of nitrogens with zero attached hydrogens (tertiary/aromatic N) is 1. The Morgan fingerprint density at radius 3 is 2.69 bits per heavy atom. The van der Waals surface area contributed by atoms with Crippen LogP contribution in [-0.4, -0.2) is 13.6 Å². The lowest BCUT2D eigenvalue weighted by atomic mass is 10.1. The summed E-state index contributed by atoms with van der Waals surface area (Å²) in [6.45, 7) is 8.23. The Hall–Kier alpha value is -1.35. The minimum absolute atomic E-state index is 0.182. The van der Waals surface area contributed by atoms with Gasteiger partial charge in [-0.3, -0.25) is 0 Å². The smallest absolute Gasteiger partial charge is 0.146 e. The molecule has 0 spiro atoms. The molecule has 0 bridgehead atoms. The third-order valence-corrected chi connectivity index (χ3v) is 2.40. The SMILES string of the molecule is C=C(C)CN(C)c1c(F)cccc1[C@@H](C)N. The Morgan fingerprint density at radius 2 is 2.19 bits per heavy atom.